The molecule has 0 fully saturated rings. The molecule has 0 heterocycles. The number of ether oxygens (including phenoxy) is 2. The second-order valence-corrected chi connectivity index (χ2v) is 8.34. The number of alkyl carbamates (subject to hydrolysis) is 1. The van der Waals surface area contributed by atoms with Crippen molar-refractivity contribution >= 4 is 18.0 Å². The topological polar surface area (TPSA) is 114 Å². The van der Waals surface area contributed by atoms with Crippen LogP contribution in [-0.2, 0) is 19.1 Å². The van der Waals surface area contributed by atoms with Gasteiger partial charge in [-0.25, -0.2) is 9.59 Å². The number of carbonyl (C=O) groups is 3. The largest absolute Gasteiger partial charge is 0.478 e. The molecule has 0 aromatic heterocycles. The van der Waals surface area contributed by atoms with Gasteiger partial charge in [0.2, 0.25) is 5.91 Å². The lowest BCUT2D eigenvalue weighted by Crippen LogP contribution is -2.61. The van der Waals surface area contributed by atoms with E-state index in [-0.39, 0.29) is 24.0 Å². The van der Waals surface area contributed by atoms with Crippen molar-refractivity contribution in [3.63, 3.8) is 0 Å². The van der Waals surface area contributed by atoms with Crippen molar-refractivity contribution in [1.82, 2.24) is 10.6 Å². The second kappa shape index (κ2) is 10.6. The Bertz CT molecular complexity index is 634. The quantitative estimate of drug-likeness (QED) is 0.564. The summed E-state index contributed by atoms with van der Waals surface area (Å²) in [4.78, 5) is 36.2. The van der Waals surface area contributed by atoms with Crippen molar-refractivity contribution in [2.75, 3.05) is 0 Å². The number of amides is 2. The maximum absolute atomic E-state index is 12.4. The van der Waals surface area contributed by atoms with Crippen LogP contribution in [0.5, 0.6) is 0 Å². The highest BCUT2D eigenvalue weighted by atomic mass is 16.6. The fraction of sp³-hybridized carbons (Fsp3) is 0.762. The molecule has 0 bridgehead atoms. The molecule has 3 N–H and O–H groups in total. The summed E-state index contributed by atoms with van der Waals surface area (Å²) in [5.41, 5.74) is 0.157. The van der Waals surface area contributed by atoms with Crippen molar-refractivity contribution in [3.05, 3.63) is 11.1 Å². The van der Waals surface area contributed by atoms with E-state index >= 15 is 0 Å². The zero-order chi connectivity index (χ0) is 22.4. The molecule has 1 aliphatic carbocycles. The van der Waals surface area contributed by atoms with E-state index in [1.54, 1.807) is 20.8 Å². The Hall–Kier alpha value is -2.09. The van der Waals surface area contributed by atoms with Gasteiger partial charge in [-0.15, -0.1) is 0 Å². The van der Waals surface area contributed by atoms with Gasteiger partial charge < -0.3 is 25.2 Å². The summed E-state index contributed by atoms with van der Waals surface area (Å²) in [6.45, 7) is 12.5. The van der Waals surface area contributed by atoms with Crippen molar-refractivity contribution in [3.8, 4) is 0 Å². The number of hydrogen-bond acceptors (Lipinski definition) is 5. The van der Waals surface area contributed by atoms with E-state index in [1.165, 1.54) is 6.92 Å². The van der Waals surface area contributed by atoms with Crippen LogP contribution in [0.15, 0.2) is 11.1 Å². The van der Waals surface area contributed by atoms with Gasteiger partial charge in [0.1, 0.15) is 11.7 Å². The molecule has 0 unspecified atom stereocenters. The average molecular weight is 413 g/mol. The highest BCUT2D eigenvalue weighted by Gasteiger charge is 2.42. The summed E-state index contributed by atoms with van der Waals surface area (Å²) < 4.78 is 11.6. The van der Waals surface area contributed by atoms with E-state index in [9.17, 15) is 19.5 Å². The fourth-order valence-corrected chi connectivity index (χ4v) is 3.58. The Balaban J connectivity index is 3.35. The molecular weight excluding hydrogens is 376 g/mol. The SMILES string of the molecule is CCC1=C(C(=O)O)C[C@H](NC(=O)OC(C)(C)C)[C@@H](NC(C)=O)[C@@H]1OC(CC)CC. The molecular formula is C21H36N2O6. The third-order valence-electron chi connectivity index (χ3n) is 4.88. The Kier molecular flexibility index (Phi) is 9.14. The third kappa shape index (κ3) is 7.34. The molecule has 0 saturated carbocycles. The number of carboxylic acid groups (broad SMARTS) is 1. The van der Waals surface area contributed by atoms with Gasteiger partial charge in [-0.3, -0.25) is 4.79 Å². The normalized spacial score (nSPS) is 22.4. The molecule has 1 aliphatic rings. The summed E-state index contributed by atoms with van der Waals surface area (Å²) in [5.74, 6) is -1.32. The highest BCUT2D eigenvalue weighted by molar-refractivity contribution is 5.88. The summed E-state index contributed by atoms with van der Waals surface area (Å²) >= 11 is 0. The van der Waals surface area contributed by atoms with Crippen molar-refractivity contribution in [2.24, 2.45) is 0 Å². The number of aliphatic carboxylic acids is 1. The van der Waals surface area contributed by atoms with Gasteiger partial charge in [0.05, 0.1) is 18.2 Å². The first-order chi connectivity index (χ1) is 13.4. The van der Waals surface area contributed by atoms with E-state index in [0.717, 1.165) is 12.8 Å². The van der Waals surface area contributed by atoms with Crippen LogP contribution in [0.25, 0.3) is 0 Å². The maximum atomic E-state index is 12.4. The van der Waals surface area contributed by atoms with Gasteiger partial charge in [-0.05, 0) is 45.6 Å². The van der Waals surface area contributed by atoms with Crippen molar-refractivity contribution < 1.29 is 29.0 Å². The van der Waals surface area contributed by atoms with Crippen LogP contribution in [0.1, 0.15) is 74.1 Å². The second-order valence-electron chi connectivity index (χ2n) is 8.34. The minimum absolute atomic E-state index is 0.0749. The first kappa shape index (κ1) is 24.9. The van der Waals surface area contributed by atoms with Crippen LogP contribution >= 0.6 is 0 Å². The van der Waals surface area contributed by atoms with Crippen LogP contribution < -0.4 is 10.6 Å². The van der Waals surface area contributed by atoms with E-state index < -0.39 is 35.9 Å². The molecule has 0 aromatic rings. The molecule has 0 radical (unpaired) electrons. The van der Waals surface area contributed by atoms with Gasteiger partial charge in [0.25, 0.3) is 0 Å². The molecule has 2 amide bonds. The molecule has 1 rings (SSSR count). The van der Waals surface area contributed by atoms with Gasteiger partial charge in [0.15, 0.2) is 0 Å². The van der Waals surface area contributed by atoms with Gasteiger partial charge in [0, 0.05) is 18.9 Å². The number of nitrogens with one attached hydrogen (secondary N) is 2. The summed E-state index contributed by atoms with van der Waals surface area (Å²) in [5, 5.41) is 15.4. The molecule has 0 saturated heterocycles. The van der Waals surface area contributed by atoms with Crippen LogP contribution in [0.4, 0.5) is 4.79 Å². The molecule has 166 valence electrons. The van der Waals surface area contributed by atoms with E-state index in [0.29, 0.717) is 12.0 Å². The Morgan fingerprint density at radius 3 is 2.14 bits per heavy atom. The zero-order valence-electron chi connectivity index (χ0n) is 18.6. The Morgan fingerprint density at radius 1 is 1.14 bits per heavy atom. The first-order valence-corrected chi connectivity index (χ1v) is 10.3. The molecule has 29 heavy (non-hydrogen) atoms. The first-order valence-electron chi connectivity index (χ1n) is 10.3. The maximum Gasteiger partial charge on any atom is 0.407 e. The molecule has 3 atom stereocenters. The van der Waals surface area contributed by atoms with Gasteiger partial charge in [-0.1, -0.05) is 20.8 Å². The monoisotopic (exact) mass is 412 g/mol. The number of hydrogen-bond donors (Lipinski definition) is 3. The smallest absolute Gasteiger partial charge is 0.407 e. The Labute approximate surface area is 173 Å². The molecule has 0 aromatic carbocycles. The number of rotatable bonds is 8. The molecule has 0 spiro atoms. The predicted octanol–water partition coefficient (Wildman–Crippen LogP) is 3.15. The van der Waals surface area contributed by atoms with E-state index in [1.807, 2.05) is 20.8 Å². The summed E-state index contributed by atoms with van der Waals surface area (Å²) in [6.07, 6.45) is 0.658. The van der Waals surface area contributed by atoms with Crippen LogP contribution in [0.2, 0.25) is 0 Å². The molecule has 8 heteroatoms. The lowest BCUT2D eigenvalue weighted by molar-refractivity contribution is -0.133. The van der Waals surface area contributed by atoms with Gasteiger partial charge in [-0.2, -0.15) is 0 Å². The summed E-state index contributed by atoms with van der Waals surface area (Å²) in [7, 11) is 0. The van der Waals surface area contributed by atoms with Crippen LogP contribution in [-0.4, -0.2) is 53.0 Å². The van der Waals surface area contributed by atoms with Crippen molar-refractivity contribution in [2.45, 2.75) is 104 Å². The molecule has 8 nitrogen and oxygen atoms in total. The van der Waals surface area contributed by atoms with E-state index in [2.05, 4.69) is 10.6 Å². The zero-order valence-corrected chi connectivity index (χ0v) is 18.6. The lowest BCUT2D eigenvalue weighted by Gasteiger charge is -2.41. The minimum Gasteiger partial charge on any atom is -0.478 e. The van der Waals surface area contributed by atoms with Crippen LogP contribution in [0.3, 0.4) is 0 Å². The third-order valence-corrected chi connectivity index (χ3v) is 4.88. The number of carbonyl (C=O) groups excluding carboxylic acids is 2. The summed E-state index contributed by atoms with van der Waals surface area (Å²) in [6, 6.07) is -1.27. The number of carboxylic acids is 1. The Morgan fingerprint density at radius 2 is 1.72 bits per heavy atom. The van der Waals surface area contributed by atoms with Crippen molar-refractivity contribution in [1.29, 1.82) is 0 Å². The van der Waals surface area contributed by atoms with E-state index in [4.69, 9.17) is 9.47 Å². The van der Waals surface area contributed by atoms with Crippen LogP contribution in [0, 0.1) is 0 Å². The standard InChI is InChI=1S/C21H36N2O6/c1-8-13(9-2)28-18-14(10-3)15(19(25)26)11-16(17(18)22-12(4)24)23-20(27)29-21(5,6)7/h13,16-18H,8-11H2,1-7H3,(H,22,24)(H,23,27)(H,25,26)/t16-,17+,18+/m0/s1. The molecule has 0 aliphatic heterocycles. The lowest BCUT2D eigenvalue weighted by atomic mass is 9.80. The fourth-order valence-electron chi connectivity index (χ4n) is 3.58. The predicted molar refractivity (Wildman–Crippen MR) is 110 cm³/mol. The minimum atomic E-state index is -1.04. The average Bonchev–Trinajstić information content (AvgIpc) is 2.59. The highest BCUT2D eigenvalue weighted by Crippen LogP contribution is 2.32. The van der Waals surface area contributed by atoms with Gasteiger partial charge >= 0.3 is 12.1 Å².